The number of rotatable bonds is 8. The van der Waals surface area contributed by atoms with Crippen LogP contribution in [0.25, 0.3) is 0 Å². The molecular weight excluding hydrogens is 348 g/mol. The van der Waals surface area contributed by atoms with Crippen molar-refractivity contribution in [1.29, 1.82) is 0 Å². The predicted octanol–water partition coefficient (Wildman–Crippen LogP) is 2.81. The first kappa shape index (κ1) is 20.6. The fourth-order valence-corrected chi connectivity index (χ4v) is 3.93. The van der Waals surface area contributed by atoms with Gasteiger partial charge in [-0.1, -0.05) is 32.0 Å². The average molecular weight is 379 g/mol. The van der Waals surface area contributed by atoms with E-state index in [1.54, 1.807) is 23.9 Å². The number of ether oxygens (including phenoxy) is 1. The second-order valence-electron chi connectivity index (χ2n) is 7.19. The van der Waals surface area contributed by atoms with Crippen LogP contribution in [-0.4, -0.2) is 54.5 Å². The number of likely N-dealkylation sites (tertiary alicyclic amines) is 1. The third-order valence-corrected chi connectivity index (χ3v) is 5.18. The number of thioether (sulfide) groups is 1. The minimum atomic E-state index is -0.480. The fraction of sp³-hybridized carbons (Fsp3) is 0.600. The number of nitrogens with one attached hydrogen (secondary N) is 1. The molecule has 1 aliphatic rings. The number of nitrogens with zero attached hydrogens (tertiary/aromatic N) is 1. The largest absolute Gasteiger partial charge is 0.484 e. The predicted molar refractivity (Wildman–Crippen MR) is 106 cm³/mol. The molecule has 2 rings (SSSR count). The Hall–Kier alpha value is -1.69. The molecule has 0 bridgehead atoms. The summed E-state index contributed by atoms with van der Waals surface area (Å²) in [6, 6.07) is 8.74. The van der Waals surface area contributed by atoms with Gasteiger partial charge in [0.05, 0.1) is 0 Å². The Morgan fingerprint density at radius 3 is 2.50 bits per heavy atom. The summed E-state index contributed by atoms with van der Waals surface area (Å²) in [4.78, 5) is 27.2. The lowest BCUT2D eigenvalue weighted by atomic mass is 9.91. The molecule has 26 heavy (non-hydrogen) atoms. The van der Waals surface area contributed by atoms with Crippen LogP contribution in [0.1, 0.15) is 26.7 Å². The molecule has 0 unspecified atom stereocenters. The minimum Gasteiger partial charge on any atom is -0.484 e. The van der Waals surface area contributed by atoms with Gasteiger partial charge in [-0.05, 0) is 48.8 Å². The normalized spacial score (nSPS) is 21.1. The standard InChI is InChI=1S/C20H30N2O3S/c1-15-11-16(2)13-22(12-15)20(24)18(9-10-26-3)21-19(23)14-25-17-7-5-4-6-8-17/h4-8,15-16,18H,9-14H2,1-3H3,(H,21,23)/t15-,16+,18-/m0/s1. The molecule has 5 nitrogen and oxygen atoms in total. The van der Waals surface area contributed by atoms with Crippen molar-refractivity contribution in [3.63, 3.8) is 0 Å². The van der Waals surface area contributed by atoms with Crippen LogP contribution in [0.5, 0.6) is 5.75 Å². The van der Waals surface area contributed by atoms with Gasteiger partial charge in [0.15, 0.2) is 6.61 Å². The third kappa shape index (κ3) is 6.56. The molecule has 0 saturated carbocycles. The number of carbonyl (C=O) groups is 2. The summed E-state index contributed by atoms with van der Waals surface area (Å²) in [5.74, 6) is 2.25. The molecular formula is C20H30N2O3S. The highest BCUT2D eigenvalue weighted by Crippen LogP contribution is 2.22. The zero-order valence-corrected chi connectivity index (χ0v) is 16.8. The summed E-state index contributed by atoms with van der Waals surface area (Å²) in [6.45, 7) is 5.82. The molecule has 144 valence electrons. The van der Waals surface area contributed by atoms with Crippen molar-refractivity contribution in [3.8, 4) is 5.75 Å². The topological polar surface area (TPSA) is 58.6 Å². The zero-order valence-electron chi connectivity index (χ0n) is 15.9. The van der Waals surface area contributed by atoms with Crippen molar-refractivity contribution < 1.29 is 14.3 Å². The van der Waals surface area contributed by atoms with Gasteiger partial charge in [0.2, 0.25) is 5.91 Å². The van der Waals surface area contributed by atoms with Crippen LogP contribution in [-0.2, 0) is 9.59 Å². The first-order chi connectivity index (χ1) is 12.5. The van der Waals surface area contributed by atoms with E-state index in [2.05, 4.69) is 19.2 Å². The van der Waals surface area contributed by atoms with Gasteiger partial charge >= 0.3 is 0 Å². The molecule has 1 aromatic carbocycles. The van der Waals surface area contributed by atoms with Crippen molar-refractivity contribution in [2.24, 2.45) is 11.8 Å². The Bertz CT molecular complexity index is 572. The van der Waals surface area contributed by atoms with Gasteiger partial charge < -0.3 is 15.0 Å². The van der Waals surface area contributed by atoms with Gasteiger partial charge in [0.25, 0.3) is 5.91 Å². The Labute approximate surface area is 160 Å². The van der Waals surface area contributed by atoms with Crippen LogP contribution in [0.15, 0.2) is 30.3 Å². The first-order valence-corrected chi connectivity index (χ1v) is 10.6. The molecule has 1 fully saturated rings. The highest BCUT2D eigenvalue weighted by molar-refractivity contribution is 7.98. The summed E-state index contributed by atoms with van der Waals surface area (Å²) in [6.07, 6.45) is 3.79. The van der Waals surface area contributed by atoms with Crippen molar-refractivity contribution in [1.82, 2.24) is 10.2 Å². The maximum absolute atomic E-state index is 13.0. The van der Waals surface area contributed by atoms with Crippen LogP contribution in [0.4, 0.5) is 0 Å². The number of hydrogen-bond donors (Lipinski definition) is 1. The van der Waals surface area contributed by atoms with Gasteiger partial charge in [-0.3, -0.25) is 9.59 Å². The van der Waals surface area contributed by atoms with Gasteiger partial charge in [-0.25, -0.2) is 0 Å². The molecule has 1 N–H and O–H groups in total. The summed E-state index contributed by atoms with van der Waals surface area (Å²) in [5.41, 5.74) is 0. The molecule has 1 heterocycles. The van der Waals surface area contributed by atoms with Crippen LogP contribution in [0.2, 0.25) is 0 Å². The summed E-state index contributed by atoms with van der Waals surface area (Å²) in [5, 5.41) is 2.88. The van der Waals surface area contributed by atoms with Crippen molar-refractivity contribution in [2.75, 3.05) is 31.7 Å². The van der Waals surface area contributed by atoms with E-state index < -0.39 is 6.04 Å². The number of amides is 2. The quantitative estimate of drug-likeness (QED) is 0.756. The van der Waals surface area contributed by atoms with E-state index in [0.717, 1.165) is 25.3 Å². The van der Waals surface area contributed by atoms with Gasteiger partial charge in [0.1, 0.15) is 11.8 Å². The molecule has 1 aromatic rings. The zero-order chi connectivity index (χ0) is 18.9. The molecule has 1 saturated heterocycles. The fourth-order valence-electron chi connectivity index (χ4n) is 3.46. The van der Waals surface area contributed by atoms with E-state index in [1.807, 2.05) is 29.4 Å². The molecule has 3 atom stereocenters. The number of piperidine rings is 1. The van der Waals surface area contributed by atoms with Crippen molar-refractivity contribution in [2.45, 2.75) is 32.7 Å². The lowest BCUT2D eigenvalue weighted by molar-refractivity contribution is -0.139. The highest BCUT2D eigenvalue weighted by atomic mass is 32.2. The first-order valence-electron chi connectivity index (χ1n) is 9.24. The molecule has 0 aliphatic carbocycles. The third-order valence-electron chi connectivity index (χ3n) is 4.54. The van der Waals surface area contributed by atoms with Gasteiger partial charge in [-0.2, -0.15) is 11.8 Å². The van der Waals surface area contributed by atoms with Gasteiger partial charge in [0, 0.05) is 13.1 Å². The van der Waals surface area contributed by atoms with Crippen molar-refractivity contribution in [3.05, 3.63) is 30.3 Å². The van der Waals surface area contributed by atoms with Gasteiger partial charge in [-0.15, -0.1) is 0 Å². The second-order valence-corrected chi connectivity index (χ2v) is 8.18. The Kier molecular flexibility index (Phi) is 8.29. The molecule has 2 amide bonds. The molecule has 0 aromatic heterocycles. The molecule has 0 radical (unpaired) electrons. The SMILES string of the molecule is CSCC[C@H](NC(=O)COc1ccccc1)C(=O)N1C[C@H](C)C[C@H](C)C1. The Morgan fingerprint density at radius 1 is 1.23 bits per heavy atom. The number of carbonyl (C=O) groups excluding carboxylic acids is 2. The van der Waals surface area contributed by atoms with E-state index in [1.165, 1.54) is 0 Å². The maximum Gasteiger partial charge on any atom is 0.258 e. The molecule has 1 aliphatic heterocycles. The van der Waals surface area contributed by atoms with Crippen LogP contribution in [0, 0.1) is 11.8 Å². The monoisotopic (exact) mass is 378 g/mol. The summed E-state index contributed by atoms with van der Waals surface area (Å²) in [7, 11) is 0. The average Bonchev–Trinajstić information content (AvgIpc) is 2.63. The van der Waals surface area contributed by atoms with E-state index in [-0.39, 0.29) is 18.4 Å². The smallest absolute Gasteiger partial charge is 0.258 e. The van der Waals surface area contributed by atoms with Crippen LogP contribution < -0.4 is 10.1 Å². The maximum atomic E-state index is 13.0. The minimum absolute atomic E-state index is 0.0329. The van der Waals surface area contributed by atoms with E-state index in [4.69, 9.17) is 4.74 Å². The Balaban J connectivity index is 1.92. The van der Waals surface area contributed by atoms with E-state index in [0.29, 0.717) is 24.0 Å². The van der Waals surface area contributed by atoms with E-state index >= 15 is 0 Å². The summed E-state index contributed by atoms with van der Waals surface area (Å²) < 4.78 is 5.49. The number of hydrogen-bond acceptors (Lipinski definition) is 4. The highest BCUT2D eigenvalue weighted by Gasteiger charge is 2.30. The van der Waals surface area contributed by atoms with E-state index in [9.17, 15) is 9.59 Å². The number of para-hydroxylation sites is 1. The van der Waals surface area contributed by atoms with Crippen molar-refractivity contribution >= 4 is 23.6 Å². The lowest BCUT2D eigenvalue weighted by Crippen LogP contribution is -2.53. The molecule has 0 spiro atoms. The lowest BCUT2D eigenvalue weighted by Gasteiger charge is -2.37. The molecule has 6 heteroatoms. The second kappa shape index (κ2) is 10.5. The summed E-state index contributed by atoms with van der Waals surface area (Å²) >= 11 is 1.68. The Morgan fingerprint density at radius 2 is 1.88 bits per heavy atom. The van der Waals surface area contributed by atoms with Crippen LogP contribution in [0.3, 0.4) is 0 Å². The van der Waals surface area contributed by atoms with Crippen LogP contribution >= 0.6 is 11.8 Å². The number of benzene rings is 1.